The molecule has 0 radical (unpaired) electrons. The van der Waals surface area contributed by atoms with E-state index in [1.807, 2.05) is 25.1 Å². The van der Waals surface area contributed by atoms with Gasteiger partial charge >= 0.3 is 0 Å². The van der Waals surface area contributed by atoms with Gasteiger partial charge in [0.15, 0.2) is 0 Å². The number of carbonyl (C=O) groups is 1. The fourth-order valence-electron chi connectivity index (χ4n) is 1.66. The lowest BCUT2D eigenvalue weighted by Crippen LogP contribution is -2.13. The van der Waals surface area contributed by atoms with Gasteiger partial charge in [-0.05, 0) is 31.0 Å². The zero-order valence-corrected chi connectivity index (χ0v) is 11.6. The molecule has 0 bridgehead atoms. The van der Waals surface area contributed by atoms with E-state index in [-0.39, 0.29) is 5.91 Å². The Morgan fingerprint density at radius 2 is 2.21 bits per heavy atom. The van der Waals surface area contributed by atoms with Crippen molar-refractivity contribution >= 4 is 11.6 Å². The Kier molecular flexibility index (Phi) is 6.92. The lowest BCUT2D eigenvalue weighted by Gasteiger charge is -2.11. The zero-order chi connectivity index (χ0) is 14.1. The summed E-state index contributed by atoms with van der Waals surface area (Å²) in [6.45, 7) is 3.66. The van der Waals surface area contributed by atoms with Gasteiger partial charge < -0.3 is 20.5 Å². The highest BCUT2D eigenvalue weighted by atomic mass is 16.5. The molecule has 0 saturated carbocycles. The fourth-order valence-corrected chi connectivity index (χ4v) is 1.66. The van der Waals surface area contributed by atoms with Gasteiger partial charge in [-0.2, -0.15) is 0 Å². The second kappa shape index (κ2) is 8.50. The zero-order valence-electron chi connectivity index (χ0n) is 11.6. The number of rotatable bonds is 8. The van der Waals surface area contributed by atoms with Crippen LogP contribution in [-0.2, 0) is 16.1 Å². The Bertz CT molecular complexity index is 408. The Hall–Kier alpha value is -1.59. The van der Waals surface area contributed by atoms with Crippen LogP contribution in [0.15, 0.2) is 18.2 Å². The van der Waals surface area contributed by atoms with Crippen molar-refractivity contribution < 1.29 is 14.3 Å². The lowest BCUT2D eigenvalue weighted by molar-refractivity contribution is -0.116. The summed E-state index contributed by atoms with van der Waals surface area (Å²) in [4.78, 5) is 11.8. The number of nitrogens with two attached hydrogens (primary N) is 1. The molecule has 1 aromatic carbocycles. The average molecular weight is 266 g/mol. The maximum absolute atomic E-state index is 11.8. The number of nitrogens with one attached hydrogen (secondary N) is 1. The predicted octanol–water partition coefficient (Wildman–Crippen LogP) is 1.91. The highest BCUT2D eigenvalue weighted by Crippen LogP contribution is 2.25. The molecule has 5 nitrogen and oxygen atoms in total. The SMILES string of the molecule is CCOCCCC(=O)Nc1ccc(CN)cc1OC. The van der Waals surface area contributed by atoms with Gasteiger partial charge in [-0.15, -0.1) is 0 Å². The van der Waals surface area contributed by atoms with Crippen molar-refractivity contribution in [1.29, 1.82) is 0 Å². The van der Waals surface area contributed by atoms with Crippen LogP contribution in [0.1, 0.15) is 25.3 Å². The third kappa shape index (κ3) is 5.28. The first-order valence-electron chi connectivity index (χ1n) is 6.45. The van der Waals surface area contributed by atoms with Gasteiger partial charge in [-0.25, -0.2) is 0 Å². The number of ether oxygens (including phenoxy) is 2. The minimum absolute atomic E-state index is 0.0431. The Morgan fingerprint density at radius 1 is 1.42 bits per heavy atom. The summed E-state index contributed by atoms with van der Waals surface area (Å²) in [6.07, 6.45) is 1.14. The van der Waals surface area contributed by atoms with E-state index in [4.69, 9.17) is 15.2 Å². The van der Waals surface area contributed by atoms with Gasteiger partial charge in [-0.1, -0.05) is 6.07 Å². The summed E-state index contributed by atoms with van der Waals surface area (Å²) in [5, 5.41) is 2.83. The second-order valence-corrected chi connectivity index (χ2v) is 4.09. The van der Waals surface area contributed by atoms with E-state index >= 15 is 0 Å². The van der Waals surface area contributed by atoms with Crippen molar-refractivity contribution in [2.24, 2.45) is 5.73 Å². The molecule has 1 aromatic rings. The maximum Gasteiger partial charge on any atom is 0.224 e. The van der Waals surface area contributed by atoms with Gasteiger partial charge in [0, 0.05) is 26.2 Å². The summed E-state index contributed by atoms with van der Waals surface area (Å²) in [5.41, 5.74) is 7.19. The lowest BCUT2D eigenvalue weighted by atomic mass is 10.2. The monoisotopic (exact) mass is 266 g/mol. The van der Waals surface area contributed by atoms with E-state index < -0.39 is 0 Å². The molecular weight excluding hydrogens is 244 g/mol. The maximum atomic E-state index is 11.8. The quantitative estimate of drug-likeness (QED) is 0.705. The van der Waals surface area contributed by atoms with Gasteiger partial charge in [0.2, 0.25) is 5.91 Å². The summed E-state index contributed by atoms with van der Waals surface area (Å²) >= 11 is 0. The highest BCUT2D eigenvalue weighted by Gasteiger charge is 2.08. The van der Waals surface area contributed by atoms with Gasteiger partial charge in [0.25, 0.3) is 0 Å². The number of hydrogen-bond donors (Lipinski definition) is 2. The molecule has 0 fully saturated rings. The van der Waals surface area contributed by atoms with Gasteiger partial charge in [0.1, 0.15) is 5.75 Å². The smallest absolute Gasteiger partial charge is 0.224 e. The van der Waals surface area contributed by atoms with Crippen LogP contribution in [0.2, 0.25) is 0 Å². The number of benzene rings is 1. The Morgan fingerprint density at radius 3 is 2.84 bits per heavy atom. The second-order valence-electron chi connectivity index (χ2n) is 4.09. The molecule has 0 spiro atoms. The molecule has 0 aliphatic carbocycles. The van der Waals surface area contributed by atoms with E-state index in [0.717, 1.165) is 5.56 Å². The molecule has 1 amide bonds. The normalized spacial score (nSPS) is 10.3. The van der Waals surface area contributed by atoms with E-state index in [1.165, 1.54) is 0 Å². The van der Waals surface area contributed by atoms with Crippen LogP contribution in [0, 0.1) is 0 Å². The highest BCUT2D eigenvalue weighted by molar-refractivity contribution is 5.92. The molecule has 0 atom stereocenters. The molecule has 19 heavy (non-hydrogen) atoms. The van der Waals surface area contributed by atoms with E-state index in [1.54, 1.807) is 7.11 Å². The minimum Gasteiger partial charge on any atom is -0.495 e. The fraction of sp³-hybridized carbons (Fsp3) is 0.500. The summed E-state index contributed by atoms with van der Waals surface area (Å²) in [6, 6.07) is 5.51. The van der Waals surface area contributed by atoms with Crippen LogP contribution in [0.5, 0.6) is 5.75 Å². The summed E-state index contributed by atoms with van der Waals surface area (Å²) in [7, 11) is 1.57. The standard InChI is InChI=1S/C14H22N2O3/c1-3-19-8-4-5-14(17)16-12-7-6-11(10-15)9-13(12)18-2/h6-7,9H,3-5,8,10,15H2,1-2H3,(H,16,17). The minimum atomic E-state index is -0.0431. The first-order valence-corrected chi connectivity index (χ1v) is 6.45. The molecule has 0 unspecified atom stereocenters. The number of hydrogen-bond acceptors (Lipinski definition) is 4. The molecule has 3 N–H and O–H groups in total. The molecule has 0 aliphatic rings. The number of amides is 1. The molecule has 0 saturated heterocycles. The molecule has 1 rings (SSSR count). The topological polar surface area (TPSA) is 73.6 Å². The van der Waals surface area contributed by atoms with Crippen LogP contribution in [0.3, 0.4) is 0 Å². The first-order chi connectivity index (χ1) is 9.21. The van der Waals surface area contributed by atoms with Crippen molar-refractivity contribution in [2.45, 2.75) is 26.3 Å². The van der Waals surface area contributed by atoms with E-state index in [9.17, 15) is 4.79 Å². The molecular formula is C14H22N2O3. The molecule has 0 aliphatic heterocycles. The first kappa shape index (κ1) is 15.5. The van der Waals surface area contributed by atoms with Crippen molar-refractivity contribution in [3.63, 3.8) is 0 Å². The van der Waals surface area contributed by atoms with Gasteiger partial charge in [0.05, 0.1) is 12.8 Å². The molecule has 0 heterocycles. The third-order valence-electron chi connectivity index (χ3n) is 2.67. The summed E-state index contributed by atoms with van der Waals surface area (Å²) < 4.78 is 10.4. The van der Waals surface area contributed by atoms with Crippen LogP contribution < -0.4 is 15.8 Å². The van der Waals surface area contributed by atoms with Crippen LogP contribution >= 0.6 is 0 Å². The molecule has 5 heteroatoms. The van der Waals surface area contributed by atoms with Crippen molar-refractivity contribution in [1.82, 2.24) is 0 Å². The van der Waals surface area contributed by atoms with Crippen molar-refractivity contribution in [3.05, 3.63) is 23.8 Å². The van der Waals surface area contributed by atoms with Crippen LogP contribution in [-0.4, -0.2) is 26.2 Å². The average Bonchev–Trinajstić information content (AvgIpc) is 2.44. The molecule has 106 valence electrons. The largest absolute Gasteiger partial charge is 0.495 e. The molecule has 0 aromatic heterocycles. The van der Waals surface area contributed by atoms with Crippen LogP contribution in [0.25, 0.3) is 0 Å². The number of methoxy groups -OCH3 is 1. The van der Waals surface area contributed by atoms with E-state index in [2.05, 4.69) is 5.32 Å². The number of anilines is 1. The Labute approximate surface area is 114 Å². The Balaban J connectivity index is 2.53. The van der Waals surface area contributed by atoms with Crippen molar-refractivity contribution in [2.75, 3.05) is 25.6 Å². The van der Waals surface area contributed by atoms with Gasteiger partial charge in [-0.3, -0.25) is 4.79 Å². The number of carbonyl (C=O) groups excluding carboxylic acids is 1. The van der Waals surface area contributed by atoms with Crippen molar-refractivity contribution in [3.8, 4) is 5.75 Å². The third-order valence-corrected chi connectivity index (χ3v) is 2.67. The van der Waals surface area contributed by atoms with E-state index in [0.29, 0.717) is 44.0 Å². The van der Waals surface area contributed by atoms with Crippen LogP contribution in [0.4, 0.5) is 5.69 Å². The predicted molar refractivity (Wildman–Crippen MR) is 75.2 cm³/mol. The summed E-state index contributed by atoms with van der Waals surface area (Å²) in [5.74, 6) is 0.583.